The summed E-state index contributed by atoms with van der Waals surface area (Å²) in [6.07, 6.45) is 0.915. The third kappa shape index (κ3) is 2.97. The predicted molar refractivity (Wildman–Crippen MR) is 73.4 cm³/mol. The highest BCUT2D eigenvalue weighted by Crippen LogP contribution is 2.22. The first kappa shape index (κ1) is 14.5. The van der Waals surface area contributed by atoms with E-state index in [0.717, 1.165) is 0 Å². The van der Waals surface area contributed by atoms with E-state index < -0.39 is 11.5 Å². The third-order valence-electron chi connectivity index (χ3n) is 3.42. The number of ether oxygens (including phenoxy) is 2. The highest BCUT2D eigenvalue weighted by atomic mass is 16.5. The van der Waals surface area contributed by atoms with Gasteiger partial charge in [-0.2, -0.15) is 0 Å². The van der Waals surface area contributed by atoms with Crippen LogP contribution in [0.15, 0.2) is 24.3 Å². The van der Waals surface area contributed by atoms with Crippen LogP contribution >= 0.6 is 0 Å². The lowest BCUT2D eigenvalue weighted by Crippen LogP contribution is -2.54. The minimum absolute atomic E-state index is 0.305. The number of carbonyl (C=O) groups excluding carboxylic acids is 2. The lowest BCUT2D eigenvalue weighted by Gasteiger charge is -2.31. The molecule has 0 unspecified atom stereocenters. The smallest absolute Gasteiger partial charge is 0.339 e. The van der Waals surface area contributed by atoms with Gasteiger partial charge in [0.25, 0.3) is 0 Å². The molecule has 1 heterocycles. The Morgan fingerprint density at radius 2 is 1.95 bits per heavy atom. The second-order valence-corrected chi connectivity index (χ2v) is 4.76. The first-order valence-electron chi connectivity index (χ1n) is 6.42. The molecule has 0 atom stereocenters. The van der Waals surface area contributed by atoms with Gasteiger partial charge in [0.2, 0.25) is 5.91 Å². The number of hydrogen-bond acceptors (Lipinski definition) is 5. The largest absolute Gasteiger partial charge is 0.465 e. The van der Waals surface area contributed by atoms with E-state index in [9.17, 15) is 9.59 Å². The number of para-hydroxylation sites is 1. The van der Waals surface area contributed by atoms with Crippen molar-refractivity contribution in [1.82, 2.24) is 0 Å². The van der Waals surface area contributed by atoms with Crippen molar-refractivity contribution < 1.29 is 19.1 Å². The molecule has 6 nitrogen and oxygen atoms in total. The summed E-state index contributed by atoms with van der Waals surface area (Å²) in [5.74, 6) is -0.809. The summed E-state index contributed by atoms with van der Waals surface area (Å²) in [4.78, 5) is 24.0. The minimum atomic E-state index is -0.957. The van der Waals surface area contributed by atoms with Crippen molar-refractivity contribution in [2.75, 3.05) is 25.6 Å². The maximum Gasteiger partial charge on any atom is 0.339 e. The summed E-state index contributed by atoms with van der Waals surface area (Å²) in [6, 6.07) is 6.67. The molecule has 2 rings (SSSR count). The summed E-state index contributed by atoms with van der Waals surface area (Å²) in [6.45, 7) is 0.922. The predicted octanol–water partition coefficient (Wildman–Crippen LogP) is 0.920. The zero-order valence-electron chi connectivity index (χ0n) is 11.3. The van der Waals surface area contributed by atoms with E-state index in [1.807, 2.05) is 0 Å². The van der Waals surface area contributed by atoms with E-state index in [0.29, 0.717) is 37.3 Å². The Hall–Kier alpha value is -1.92. The number of benzene rings is 1. The number of amides is 1. The Morgan fingerprint density at radius 1 is 1.30 bits per heavy atom. The van der Waals surface area contributed by atoms with E-state index in [1.54, 1.807) is 24.3 Å². The van der Waals surface area contributed by atoms with Crippen LogP contribution in [0.2, 0.25) is 0 Å². The lowest BCUT2D eigenvalue weighted by molar-refractivity contribution is -0.124. The van der Waals surface area contributed by atoms with E-state index in [-0.39, 0.29) is 5.91 Å². The van der Waals surface area contributed by atoms with Crippen LogP contribution < -0.4 is 11.1 Å². The molecule has 108 valence electrons. The summed E-state index contributed by atoms with van der Waals surface area (Å²) in [5.41, 5.74) is 5.85. The van der Waals surface area contributed by atoms with Gasteiger partial charge in [-0.15, -0.1) is 0 Å². The summed E-state index contributed by atoms with van der Waals surface area (Å²) in [5, 5.41) is 2.72. The fraction of sp³-hybridized carbons (Fsp3) is 0.429. The molecule has 0 saturated carbocycles. The molecule has 0 aliphatic carbocycles. The zero-order chi connectivity index (χ0) is 14.6. The molecular weight excluding hydrogens is 260 g/mol. The normalized spacial score (nSPS) is 17.3. The van der Waals surface area contributed by atoms with Crippen molar-refractivity contribution in [3.63, 3.8) is 0 Å². The van der Waals surface area contributed by atoms with Crippen LogP contribution in [0.3, 0.4) is 0 Å². The van der Waals surface area contributed by atoms with E-state index >= 15 is 0 Å². The van der Waals surface area contributed by atoms with Crippen LogP contribution in [0.1, 0.15) is 23.2 Å². The van der Waals surface area contributed by atoms with Gasteiger partial charge in [-0.25, -0.2) is 4.79 Å². The highest BCUT2D eigenvalue weighted by molar-refractivity contribution is 6.04. The van der Waals surface area contributed by atoms with Gasteiger partial charge in [-0.05, 0) is 25.0 Å². The van der Waals surface area contributed by atoms with Crippen LogP contribution in [0.4, 0.5) is 5.69 Å². The average Bonchev–Trinajstić information content (AvgIpc) is 2.47. The standard InChI is InChI=1S/C14H18N2O4/c1-19-12(17)10-4-2-3-5-11(10)16-13(18)14(15)6-8-20-9-7-14/h2-5H,6-9,15H2,1H3,(H,16,18). The molecule has 0 radical (unpaired) electrons. The molecule has 3 N–H and O–H groups in total. The fourth-order valence-corrected chi connectivity index (χ4v) is 2.09. The van der Waals surface area contributed by atoms with Gasteiger partial charge in [0, 0.05) is 13.2 Å². The van der Waals surface area contributed by atoms with Crippen molar-refractivity contribution in [2.24, 2.45) is 5.73 Å². The monoisotopic (exact) mass is 278 g/mol. The maximum atomic E-state index is 12.3. The van der Waals surface area contributed by atoms with Gasteiger partial charge >= 0.3 is 5.97 Å². The van der Waals surface area contributed by atoms with E-state index in [1.165, 1.54) is 7.11 Å². The van der Waals surface area contributed by atoms with Crippen molar-refractivity contribution in [3.8, 4) is 0 Å². The molecular formula is C14H18N2O4. The Kier molecular flexibility index (Phi) is 4.36. The fourth-order valence-electron chi connectivity index (χ4n) is 2.09. The minimum Gasteiger partial charge on any atom is -0.465 e. The van der Waals surface area contributed by atoms with Crippen LogP contribution in [0.25, 0.3) is 0 Å². The van der Waals surface area contributed by atoms with Gasteiger partial charge in [0.15, 0.2) is 0 Å². The first-order chi connectivity index (χ1) is 9.57. The van der Waals surface area contributed by atoms with Gasteiger partial charge in [-0.3, -0.25) is 4.79 Å². The topological polar surface area (TPSA) is 90.7 Å². The van der Waals surface area contributed by atoms with Gasteiger partial charge in [-0.1, -0.05) is 12.1 Å². The number of methoxy groups -OCH3 is 1. The number of rotatable bonds is 3. The highest BCUT2D eigenvalue weighted by Gasteiger charge is 2.36. The molecule has 1 aliphatic heterocycles. The summed E-state index contributed by atoms with van der Waals surface area (Å²) >= 11 is 0. The molecule has 0 spiro atoms. The quantitative estimate of drug-likeness (QED) is 0.802. The van der Waals surface area contributed by atoms with Gasteiger partial charge < -0.3 is 20.5 Å². The second-order valence-electron chi connectivity index (χ2n) is 4.76. The Bertz CT molecular complexity index is 510. The first-order valence-corrected chi connectivity index (χ1v) is 6.42. The van der Waals surface area contributed by atoms with E-state index in [2.05, 4.69) is 10.1 Å². The Labute approximate surface area is 117 Å². The maximum absolute atomic E-state index is 12.3. The number of nitrogens with one attached hydrogen (secondary N) is 1. The van der Waals surface area contributed by atoms with Gasteiger partial charge in [0.1, 0.15) is 5.54 Å². The molecule has 20 heavy (non-hydrogen) atoms. The van der Waals surface area contributed by atoms with Crippen molar-refractivity contribution >= 4 is 17.6 Å². The Balaban J connectivity index is 2.17. The van der Waals surface area contributed by atoms with Crippen molar-refractivity contribution in [1.29, 1.82) is 0 Å². The Morgan fingerprint density at radius 3 is 2.60 bits per heavy atom. The van der Waals surface area contributed by atoms with Crippen LogP contribution in [0.5, 0.6) is 0 Å². The molecule has 1 aromatic carbocycles. The molecule has 1 fully saturated rings. The van der Waals surface area contributed by atoms with Gasteiger partial charge in [0.05, 0.1) is 18.4 Å². The number of anilines is 1. The zero-order valence-corrected chi connectivity index (χ0v) is 11.3. The van der Waals surface area contributed by atoms with Crippen LogP contribution in [-0.4, -0.2) is 37.7 Å². The number of esters is 1. The molecule has 0 bridgehead atoms. The average molecular weight is 278 g/mol. The van der Waals surface area contributed by atoms with Crippen molar-refractivity contribution in [2.45, 2.75) is 18.4 Å². The van der Waals surface area contributed by atoms with Crippen molar-refractivity contribution in [3.05, 3.63) is 29.8 Å². The molecule has 0 aromatic heterocycles. The number of nitrogens with two attached hydrogens (primary N) is 1. The van der Waals surface area contributed by atoms with E-state index in [4.69, 9.17) is 10.5 Å². The molecule has 1 aromatic rings. The number of carbonyl (C=O) groups is 2. The second kappa shape index (κ2) is 6.02. The molecule has 1 amide bonds. The third-order valence-corrected chi connectivity index (χ3v) is 3.42. The van der Waals surface area contributed by atoms with Crippen LogP contribution in [0, 0.1) is 0 Å². The molecule has 1 saturated heterocycles. The molecule has 6 heteroatoms. The molecule has 1 aliphatic rings. The lowest BCUT2D eigenvalue weighted by atomic mass is 9.90. The van der Waals surface area contributed by atoms with Crippen LogP contribution in [-0.2, 0) is 14.3 Å². The summed E-state index contributed by atoms with van der Waals surface area (Å²) in [7, 11) is 1.30. The summed E-state index contributed by atoms with van der Waals surface area (Å²) < 4.78 is 9.90. The number of hydrogen-bond donors (Lipinski definition) is 2. The SMILES string of the molecule is COC(=O)c1ccccc1NC(=O)C1(N)CCOCC1.